The van der Waals surface area contributed by atoms with E-state index in [0.717, 1.165) is 5.56 Å². The highest BCUT2D eigenvalue weighted by Gasteiger charge is 2.11. The summed E-state index contributed by atoms with van der Waals surface area (Å²) in [4.78, 5) is 16.3. The fourth-order valence-corrected chi connectivity index (χ4v) is 2.35. The highest BCUT2D eigenvalue weighted by Crippen LogP contribution is 2.08. The van der Waals surface area contributed by atoms with Gasteiger partial charge in [0.25, 0.3) is 0 Å². The van der Waals surface area contributed by atoms with E-state index in [2.05, 4.69) is 17.1 Å². The predicted molar refractivity (Wildman–Crippen MR) is 87.7 cm³/mol. The maximum atomic E-state index is 12.0. The molecule has 4 nitrogen and oxygen atoms in total. The summed E-state index contributed by atoms with van der Waals surface area (Å²) in [5, 5.41) is 0. The van der Waals surface area contributed by atoms with E-state index in [1.54, 1.807) is 6.20 Å². The molecular formula is C19H18N2O2. The molecule has 3 aromatic rings. The number of benzene rings is 2. The Morgan fingerprint density at radius 2 is 1.61 bits per heavy atom. The first-order valence-electron chi connectivity index (χ1n) is 7.55. The van der Waals surface area contributed by atoms with Gasteiger partial charge in [0.1, 0.15) is 18.9 Å². The molecule has 0 bridgehead atoms. The Bertz CT molecular complexity index is 751. The lowest BCUT2D eigenvalue weighted by Gasteiger charge is -2.08. The first-order valence-corrected chi connectivity index (χ1v) is 7.55. The number of ether oxygens (including phenoxy) is 1. The van der Waals surface area contributed by atoms with Crippen LogP contribution >= 0.6 is 0 Å². The number of aromatic nitrogens is 2. The Hall–Kier alpha value is -2.88. The van der Waals surface area contributed by atoms with Gasteiger partial charge in [-0.05, 0) is 11.1 Å². The van der Waals surface area contributed by atoms with Crippen molar-refractivity contribution in [3.8, 4) is 0 Å². The summed E-state index contributed by atoms with van der Waals surface area (Å²) in [6.07, 6.45) is 3.77. The smallest absolute Gasteiger partial charge is 0.313 e. The summed E-state index contributed by atoms with van der Waals surface area (Å²) in [5.41, 5.74) is 2.15. The molecular weight excluding hydrogens is 288 g/mol. The van der Waals surface area contributed by atoms with E-state index in [4.69, 9.17) is 4.74 Å². The van der Waals surface area contributed by atoms with Crippen LogP contribution in [0.25, 0.3) is 0 Å². The van der Waals surface area contributed by atoms with Crippen molar-refractivity contribution < 1.29 is 9.53 Å². The second-order valence-electron chi connectivity index (χ2n) is 5.28. The van der Waals surface area contributed by atoms with E-state index >= 15 is 0 Å². The normalized spacial score (nSPS) is 10.4. The third-order valence-electron chi connectivity index (χ3n) is 3.54. The fraction of sp³-hybridized carbons (Fsp3) is 0.158. The zero-order chi connectivity index (χ0) is 15.9. The van der Waals surface area contributed by atoms with Crippen LogP contribution in [0.2, 0.25) is 0 Å². The molecule has 0 atom stereocenters. The van der Waals surface area contributed by atoms with Gasteiger partial charge in [0, 0.05) is 18.9 Å². The average molecular weight is 306 g/mol. The fourth-order valence-electron chi connectivity index (χ4n) is 2.35. The van der Waals surface area contributed by atoms with E-state index in [1.807, 2.05) is 59.3 Å². The van der Waals surface area contributed by atoms with Crippen molar-refractivity contribution in [2.45, 2.75) is 19.6 Å². The summed E-state index contributed by atoms with van der Waals surface area (Å²) >= 11 is 0. The lowest BCUT2D eigenvalue weighted by molar-refractivity contribution is -0.144. The van der Waals surface area contributed by atoms with Gasteiger partial charge in [0.15, 0.2) is 0 Å². The minimum atomic E-state index is -0.269. The lowest BCUT2D eigenvalue weighted by atomic mass is 10.2. The van der Waals surface area contributed by atoms with Crippen molar-refractivity contribution >= 4 is 5.97 Å². The van der Waals surface area contributed by atoms with Crippen molar-refractivity contribution in [1.29, 1.82) is 0 Å². The third kappa shape index (κ3) is 4.30. The van der Waals surface area contributed by atoms with Gasteiger partial charge < -0.3 is 9.30 Å². The zero-order valence-electron chi connectivity index (χ0n) is 12.8. The first kappa shape index (κ1) is 15.0. The monoisotopic (exact) mass is 306 g/mol. The molecule has 0 saturated heterocycles. The third-order valence-corrected chi connectivity index (χ3v) is 3.54. The average Bonchev–Trinajstić information content (AvgIpc) is 3.02. The van der Waals surface area contributed by atoms with Gasteiger partial charge in [0.05, 0.1) is 0 Å². The maximum Gasteiger partial charge on any atom is 0.313 e. The topological polar surface area (TPSA) is 44.1 Å². The summed E-state index contributed by atoms with van der Waals surface area (Å²) in [6.45, 7) is 0.987. The number of carbonyl (C=O) groups excluding carboxylic acids is 1. The molecule has 4 heteroatoms. The van der Waals surface area contributed by atoms with Gasteiger partial charge in [-0.3, -0.25) is 4.79 Å². The Labute approximate surface area is 135 Å². The molecule has 1 heterocycles. The molecule has 0 N–H and O–H groups in total. The second kappa shape index (κ2) is 7.40. The van der Waals surface area contributed by atoms with E-state index in [9.17, 15) is 4.79 Å². The van der Waals surface area contributed by atoms with Gasteiger partial charge in [0.2, 0.25) is 0 Å². The summed E-state index contributed by atoms with van der Waals surface area (Å²) < 4.78 is 7.29. The summed E-state index contributed by atoms with van der Waals surface area (Å²) in [5.74, 6) is 0.446. The van der Waals surface area contributed by atoms with Gasteiger partial charge >= 0.3 is 5.97 Å². The molecule has 0 saturated carbocycles. The lowest BCUT2D eigenvalue weighted by Crippen LogP contribution is -2.13. The first-order chi connectivity index (χ1) is 11.3. The number of imidazole rings is 1. The predicted octanol–water partition coefficient (Wildman–Crippen LogP) is 3.22. The molecule has 0 amide bonds. The molecule has 1 aromatic heterocycles. The van der Waals surface area contributed by atoms with Crippen LogP contribution < -0.4 is 0 Å². The van der Waals surface area contributed by atoms with Crippen LogP contribution in [-0.2, 0) is 29.1 Å². The molecule has 116 valence electrons. The quantitative estimate of drug-likeness (QED) is 0.657. The zero-order valence-corrected chi connectivity index (χ0v) is 12.8. The van der Waals surface area contributed by atoms with Crippen LogP contribution in [0.4, 0.5) is 0 Å². The second-order valence-corrected chi connectivity index (χ2v) is 5.28. The summed E-state index contributed by atoms with van der Waals surface area (Å²) in [6, 6.07) is 19.7. The maximum absolute atomic E-state index is 12.0. The van der Waals surface area contributed by atoms with Crippen LogP contribution in [0.5, 0.6) is 0 Å². The Morgan fingerprint density at radius 1 is 0.957 bits per heavy atom. The molecule has 0 aliphatic heterocycles. The van der Waals surface area contributed by atoms with Gasteiger partial charge in [-0.2, -0.15) is 0 Å². The van der Waals surface area contributed by atoms with E-state index in [-0.39, 0.29) is 12.4 Å². The molecule has 0 spiro atoms. The van der Waals surface area contributed by atoms with Gasteiger partial charge in [-0.25, -0.2) is 4.98 Å². The van der Waals surface area contributed by atoms with E-state index in [1.165, 1.54) is 5.56 Å². The SMILES string of the molecule is O=C(Cc1nccn1Cc1ccccc1)OCc1ccccc1. The molecule has 23 heavy (non-hydrogen) atoms. The molecule has 0 aliphatic carbocycles. The Morgan fingerprint density at radius 3 is 2.30 bits per heavy atom. The van der Waals surface area contributed by atoms with Gasteiger partial charge in [-0.1, -0.05) is 60.7 Å². The number of rotatable bonds is 6. The van der Waals surface area contributed by atoms with Crippen LogP contribution in [0, 0.1) is 0 Å². The van der Waals surface area contributed by atoms with Crippen LogP contribution in [-0.4, -0.2) is 15.5 Å². The molecule has 0 aliphatic rings. The van der Waals surface area contributed by atoms with E-state index in [0.29, 0.717) is 19.0 Å². The van der Waals surface area contributed by atoms with Gasteiger partial charge in [-0.15, -0.1) is 0 Å². The van der Waals surface area contributed by atoms with Crippen molar-refractivity contribution in [2.24, 2.45) is 0 Å². The standard InChI is InChI=1S/C19H18N2O2/c22-19(23-15-17-9-5-2-6-10-17)13-18-20-11-12-21(18)14-16-7-3-1-4-8-16/h1-12H,13-15H2. The minimum absolute atomic E-state index is 0.173. The van der Waals surface area contributed by atoms with Crippen molar-refractivity contribution in [1.82, 2.24) is 9.55 Å². The Balaban J connectivity index is 1.58. The van der Waals surface area contributed by atoms with Crippen LogP contribution in [0.3, 0.4) is 0 Å². The largest absolute Gasteiger partial charge is 0.460 e. The molecule has 0 fully saturated rings. The number of carbonyl (C=O) groups is 1. The summed E-state index contributed by atoms with van der Waals surface area (Å²) in [7, 11) is 0. The number of hydrogen-bond donors (Lipinski definition) is 0. The Kier molecular flexibility index (Phi) is 4.84. The number of esters is 1. The molecule has 0 unspecified atom stereocenters. The molecule has 2 aromatic carbocycles. The molecule has 3 rings (SSSR count). The number of nitrogens with zero attached hydrogens (tertiary/aromatic N) is 2. The van der Waals surface area contributed by atoms with Crippen molar-refractivity contribution in [3.05, 3.63) is 90.0 Å². The molecule has 0 radical (unpaired) electrons. The van der Waals surface area contributed by atoms with Crippen molar-refractivity contribution in [2.75, 3.05) is 0 Å². The van der Waals surface area contributed by atoms with Crippen molar-refractivity contribution in [3.63, 3.8) is 0 Å². The highest BCUT2D eigenvalue weighted by atomic mass is 16.5. The van der Waals surface area contributed by atoms with Crippen LogP contribution in [0.15, 0.2) is 73.1 Å². The minimum Gasteiger partial charge on any atom is -0.460 e. The highest BCUT2D eigenvalue weighted by molar-refractivity contribution is 5.71. The number of hydrogen-bond acceptors (Lipinski definition) is 3. The van der Waals surface area contributed by atoms with Crippen LogP contribution in [0.1, 0.15) is 17.0 Å². The van der Waals surface area contributed by atoms with E-state index < -0.39 is 0 Å².